The van der Waals surface area contributed by atoms with Crippen molar-refractivity contribution in [1.29, 1.82) is 5.26 Å². The van der Waals surface area contributed by atoms with Gasteiger partial charge in [0.25, 0.3) is 0 Å². The fourth-order valence-electron chi connectivity index (χ4n) is 1.72. The number of benzene rings is 1. The third-order valence-electron chi connectivity index (χ3n) is 2.76. The van der Waals surface area contributed by atoms with Crippen LogP contribution in [0.1, 0.15) is 18.9 Å². The molecule has 0 aromatic heterocycles. The van der Waals surface area contributed by atoms with Gasteiger partial charge in [-0.3, -0.25) is 5.32 Å². The molecule has 0 saturated carbocycles. The quantitative estimate of drug-likeness (QED) is 0.354. The molecule has 0 fully saturated rings. The first-order chi connectivity index (χ1) is 9.11. The minimum Gasteiger partial charge on any atom is -0.299 e. The summed E-state index contributed by atoms with van der Waals surface area (Å²) in [6.45, 7) is 2.65. The van der Waals surface area contributed by atoms with E-state index in [1.807, 2.05) is 0 Å². The average molecular weight is 261 g/mol. The van der Waals surface area contributed by atoms with E-state index in [1.165, 1.54) is 6.07 Å². The predicted molar refractivity (Wildman–Crippen MR) is 70.8 cm³/mol. The second-order valence-corrected chi connectivity index (χ2v) is 4.45. The highest BCUT2D eigenvalue weighted by Crippen LogP contribution is 2.15. The van der Waals surface area contributed by atoms with E-state index in [0.717, 1.165) is 0 Å². The van der Waals surface area contributed by atoms with Crippen LogP contribution >= 0.6 is 0 Å². The van der Waals surface area contributed by atoms with Crippen molar-refractivity contribution < 1.29 is 4.39 Å². The summed E-state index contributed by atoms with van der Waals surface area (Å²) in [7, 11) is 0. The van der Waals surface area contributed by atoms with Gasteiger partial charge in [-0.15, -0.1) is 0 Å². The molecule has 0 bridgehead atoms. The van der Waals surface area contributed by atoms with Gasteiger partial charge in [-0.05, 0) is 37.1 Å². The molecule has 1 aromatic carbocycles. The molecule has 0 spiro atoms. The lowest BCUT2D eigenvalue weighted by molar-refractivity contribution is 0.433. The molecule has 19 heavy (non-hydrogen) atoms. The average Bonchev–Trinajstić information content (AvgIpc) is 2.41. The maximum absolute atomic E-state index is 13.6. The summed E-state index contributed by atoms with van der Waals surface area (Å²) in [4.78, 5) is 2.65. The van der Waals surface area contributed by atoms with Gasteiger partial charge in [-0.1, -0.05) is 23.3 Å². The number of hydrogen-bond donors (Lipinski definition) is 1. The van der Waals surface area contributed by atoms with Gasteiger partial charge in [-0.2, -0.15) is 5.26 Å². The number of nitrogens with zero attached hydrogens (tertiary/aromatic N) is 4. The third kappa shape index (κ3) is 4.96. The Morgan fingerprint density at radius 1 is 1.53 bits per heavy atom. The van der Waals surface area contributed by atoms with Crippen molar-refractivity contribution in [2.45, 2.75) is 25.3 Å². The highest BCUT2D eigenvalue weighted by atomic mass is 19.1. The SMILES string of the molecule is CC(C#N)(Cc1ccccc1F)NCCCN=[N+]=[N-]. The van der Waals surface area contributed by atoms with Crippen LogP contribution in [-0.4, -0.2) is 18.6 Å². The molecular formula is C13H16FN5. The number of rotatable bonds is 7. The second kappa shape index (κ2) is 7.37. The number of nitriles is 1. The van der Waals surface area contributed by atoms with Crippen molar-refractivity contribution in [3.63, 3.8) is 0 Å². The van der Waals surface area contributed by atoms with Gasteiger partial charge in [0.15, 0.2) is 0 Å². The zero-order chi connectivity index (χ0) is 14.1. The van der Waals surface area contributed by atoms with Gasteiger partial charge in [0.2, 0.25) is 0 Å². The molecule has 1 N–H and O–H groups in total. The van der Waals surface area contributed by atoms with Crippen LogP contribution in [0.4, 0.5) is 4.39 Å². The van der Waals surface area contributed by atoms with E-state index in [4.69, 9.17) is 5.53 Å². The predicted octanol–water partition coefficient (Wildman–Crippen LogP) is 2.94. The van der Waals surface area contributed by atoms with Crippen molar-refractivity contribution in [2.75, 3.05) is 13.1 Å². The van der Waals surface area contributed by atoms with E-state index in [2.05, 4.69) is 21.4 Å². The summed E-state index contributed by atoms with van der Waals surface area (Å²) in [6.07, 6.45) is 0.927. The molecule has 0 aliphatic heterocycles. The first-order valence-corrected chi connectivity index (χ1v) is 6.02. The van der Waals surface area contributed by atoms with E-state index in [1.54, 1.807) is 25.1 Å². The van der Waals surface area contributed by atoms with Crippen molar-refractivity contribution >= 4 is 0 Å². The summed E-state index contributed by atoms with van der Waals surface area (Å²) < 4.78 is 13.6. The van der Waals surface area contributed by atoms with Crippen LogP contribution in [0.15, 0.2) is 29.4 Å². The van der Waals surface area contributed by atoms with Gasteiger partial charge < -0.3 is 0 Å². The first kappa shape index (κ1) is 15.0. The molecule has 1 atom stereocenters. The lowest BCUT2D eigenvalue weighted by atomic mass is 9.94. The fraction of sp³-hybridized carbons (Fsp3) is 0.462. The smallest absolute Gasteiger partial charge is 0.126 e. The van der Waals surface area contributed by atoms with Crippen LogP contribution in [0.25, 0.3) is 10.4 Å². The molecule has 0 saturated heterocycles. The lowest BCUT2D eigenvalue weighted by Crippen LogP contribution is -2.43. The van der Waals surface area contributed by atoms with Crippen LogP contribution < -0.4 is 5.32 Å². The molecule has 1 rings (SSSR count). The van der Waals surface area contributed by atoms with Crippen LogP contribution in [0.3, 0.4) is 0 Å². The minimum atomic E-state index is -0.835. The molecule has 5 nitrogen and oxygen atoms in total. The van der Waals surface area contributed by atoms with Crippen molar-refractivity contribution in [1.82, 2.24) is 5.32 Å². The molecule has 1 unspecified atom stereocenters. The number of nitrogens with one attached hydrogen (secondary N) is 1. The summed E-state index contributed by atoms with van der Waals surface area (Å²) in [5, 5.41) is 15.7. The Hall–Kier alpha value is -2.09. The molecule has 1 aromatic rings. The van der Waals surface area contributed by atoms with Gasteiger partial charge in [0.05, 0.1) is 6.07 Å². The molecule has 0 heterocycles. The van der Waals surface area contributed by atoms with Crippen LogP contribution in [0.5, 0.6) is 0 Å². The summed E-state index contributed by atoms with van der Waals surface area (Å²) in [5.74, 6) is -0.306. The number of azide groups is 1. The molecule has 100 valence electrons. The highest BCUT2D eigenvalue weighted by Gasteiger charge is 2.24. The van der Waals surface area contributed by atoms with Gasteiger partial charge in [-0.25, -0.2) is 4.39 Å². The fourth-order valence-corrected chi connectivity index (χ4v) is 1.72. The minimum absolute atomic E-state index is 0.289. The lowest BCUT2D eigenvalue weighted by Gasteiger charge is -2.23. The Bertz CT molecular complexity index is 504. The summed E-state index contributed by atoms with van der Waals surface area (Å²) >= 11 is 0. The van der Waals surface area contributed by atoms with Crippen LogP contribution in [-0.2, 0) is 6.42 Å². The maximum Gasteiger partial charge on any atom is 0.126 e. The standard InChI is InChI=1S/C13H16FN5/c1-13(10-15,17-7-4-8-18-19-16)9-11-5-2-3-6-12(11)14/h2-3,5-6,17H,4,7-9H2,1H3. The second-order valence-electron chi connectivity index (χ2n) is 4.45. The molecule has 0 radical (unpaired) electrons. The molecular weight excluding hydrogens is 245 g/mol. The Morgan fingerprint density at radius 2 is 2.26 bits per heavy atom. The van der Waals surface area contributed by atoms with E-state index in [0.29, 0.717) is 25.1 Å². The molecule has 0 aliphatic rings. The first-order valence-electron chi connectivity index (χ1n) is 6.02. The highest BCUT2D eigenvalue weighted by molar-refractivity contribution is 5.23. The van der Waals surface area contributed by atoms with Crippen molar-refractivity contribution in [2.24, 2.45) is 5.11 Å². The van der Waals surface area contributed by atoms with E-state index >= 15 is 0 Å². The van der Waals surface area contributed by atoms with E-state index in [-0.39, 0.29) is 12.2 Å². The van der Waals surface area contributed by atoms with E-state index < -0.39 is 5.54 Å². The van der Waals surface area contributed by atoms with Crippen molar-refractivity contribution in [3.8, 4) is 6.07 Å². The van der Waals surface area contributed by atoms with Crippen molar-refractivity contribution in [3.05, 3.63) is 46.1 Å². The Labute approximate surface area is 111 Å². The van der Waals surface area contributed by atoms with Crippen LogP contribution in [0, 0.1) is 17.1 Å². The Balaban J connectivity index is 2.58. The van der Waals surface area contributed by atoms with Gasteiger partial charge in [0, 0.05) is 17.9 Å². The summed E-state index contributed by atoms with van der Waals surface area (Å²) in [5.41, 5.74) is 7.81. The largest absolute Gasteiger partial charge is 0.299 e. The zero-order valence-electron chi connectivity index (χ0n) is 10.8. The van der Waals surface area contributed by atoms with Gasteiger partial charge >= 0.3 is 0 Å². The zero-order valence-corrected chi connectivity index (χ0v) is 10.8. The number of hydrogen-bond acceptors (Lipinski definition) is 3. The van der Waals surface area contributed by atoms with Gasteiger partial charge in [0.1, 0.15) is 11.4 Å². The topological polar surface area (TPSA) is 84.6 Å². The Kier molecular flexibility index (Phi) is 5.80. The molecule has 6 heteroatoms. The summed E-state index contributed by atoms with van der Waals surface area (Å²) in [6, 6.07) is 8.59. The van der Waals surface area contributed by atoms with Crippen LogP contribution in [0.2, 0.25) is 0 Å². The Morgan fingerprint density at radius 3 is 2.89 bits per heavy atom. The van der Waals surface area contributed by atoms with E-state index in [9.17, 15) is 9.65 Å². The molecule has 0 aliphatic carbocycles. The monoisotopic (exact) mass is 261 g/mol. The molecule has 0 amide bonds. The number of halogens is 1. The maximum atomic E-state index is 13.6. The third-order valence-corrected chi connectivity index (χ3v) is 2.76. The normalized spacial score (nSPS) is 13.1.